The van der Waals surface area contributed by atoms with Gasteiger partial charge in [0.15, 0.2) is 5.16 Å². The molecule has 1 unspecified atom stereocenters. The van der Waals surface area contributed by atoms with Gasteiger partial charge in [-0.2, -0.15) is 8.78 Å². The Morgan fingerprint density at radius 2 is 2.04 bits per heavy atom. The molecule has 2 aromatic carbocycles. The minimum Gasteiger partial charge on any atom is -0.495 e. The van der Waals surface area contributed by atoms with Gasteiger partial charge in [-0.15, -0.1) is 0 Å². The van der Waals surface area contributed by atoms with Gasteiger partial charge in [0, 0.05) is 5.02 Å². The van der Waals surface area contributed by atoms with Crippen molar-refractivity contribution in [1.29, 1.82) is 0 Å². The van der Waals surface area contributed by atoms with Crippen molar-refractivity contribution >= 4 is 46.0 Å². The molecule has 3 aromatic rings. The zero-order valence-electron chi connectivity index (χ0n) is 14.4. The van der Waals surface area contributed by atoms with Gasteiger partial charge >= 0.3 is 6.55 Å². The summed E-state index contributed by atoms with van der Waals surface area (Å²) in [6.45, 7) is -1.14. The van der Waals surface area contributed by atoms with Crippen molar-refractivity contribution in [3.05, 3.63) is 47.5 Å². The maximum atomic E-state index is 13.5. The Labute approximate surface area is 163 Å². The molecule has 5 nitrogen and oxygen atoms in total. The number of hydrogen-bond donors (Lipinski definition) is 1. The second kappa shape index (κ2) is 8.14. The molecule has 0 spiro atoms. The summed E-state index contributed by atoms with van der Waals surface area (Å²) in [5, 5.41) is 2.55. The molecule has 0 bridgehead atoms. The number of methoxy groups -OCH3 is 1. The van der Waals surface area contributed by atoms with Gasteiger partial charge in [0.1, 0.15) is 5.75 Å². The van der Waals surface area contributed by atoms with Gasteiger partial charge in [0.05, 0.1) is 29.1 Å². The molecule has 0 saturated heterocycles. The van der Waals surface area contributed by atoms with Crippen LogP contribution >= 0.6 is 23.4 Å². The number of thioether (sulfide) groups is 1. The summed E-state index contributed by atoms with van der Waals surface area (Å²) in [6.07, 6.45) is 0. The zero-order chi connectivity index (χ0) is 19.6. The first-order valence-corrected chi connectivity index (χ1v) is 9.22. The van der Waals surface area contributed by atoms with Gasteiger partial charge in [-0.1, -0.05) is 35.5 Å². The van der Waals surface area contributed by atoms with Gasteiger partial charge in [0.25, 0.3) is 0 Å². The third-order valence-electron chi connectivity index (χ3n) is 3.83. The second-order valence-corrected chi connectivity index (χ2v) is 7.37. The average molecular weight is 412 g/mol. The number of nitrogens with one attached hydrogen (secondary N) is 1. The van der Waals surface area contributed by atoms with E-state index in [1.54, 1.807) is 49.4 Å². The first kappa shape index (κ1) is 19.4. The van der Waals surface area contributed by atoms with Gasteiger partial charge in [0.2, 0.25) is 5.91 Å². The number of halogens is 3. The van der Waals surface area contributed by atoms with E-state index in [4.69, 9.17) is 16.3 Å². The maximum Gasteiger partial charge on any atom is 0.321 e. The van der Waals surface area contributed by atoms with Crippen LogP contribution in [0.25, 0.3) is 11.0 Å². The van der Waals surface area contributed by atoms with E-state index in [-0.39, 0.29) is 11.1 Å². The third kappa shape index (κ3) is 4.17. The van der Waals surface area contributed by atoms with Crippen LogP contribution in [0.4, 0.5) is 14.5 Å². The lowest BCUT2D eigenvalue weighted by atomic mass is 10.3. The van der Waals surface area contributed by atoms with E-state index >= 15 is 0 Å². The number of carbonyl (C=O) groups excluding carboxylic acids is 1. The van der Waals surface area contributed by atoms with Gasteiger partial charge in [-0.3, -0.25) is 9.36 Å². The molecule has 3 rings (SSSR count). The molecule has 0 radical (unpaired) electrons. The number of carbonyl (C=O) groups is 1. The number of aromatic nitrogens is 2. The van der Waals surface area contributed by atoms with Crippen LogP contribution in [-0.4, -0.2) is 27.8 Å². The molecule has 1 N–H and O–H groups in total. The molecule has 1 aromatic heterocycles. The molecule has 0 fully saturated rings. The molecule has 0 saturated carbocycles. The van der Waals surface area contributed by atoms with Crippen LogP contribution in [0.3, 0.4) is 0 Å². The summed E-state index contributed by atoms with van der Waals surface area (Å²) in [7, 11) is 1.47. The topological polar surface area (TPSA) is 56.1 Å². The number of ether oxygens (including phenoxy) is 1. The predicted molar refractivity (Wildman–Crippen MR) is 103 cm³/mol. The second-order valence-electron chi connectivity index (χ2n) is 5.62. The summed E-state index contributed by atoms with van der Waals surface area (Å²) < 4.78 is 33.0. The lowest BCUT2D eigenvalue weighted by molar-refractivity contribution is -0.115. The van der Waals surface area contributed by atoms with Gasteiger partial charge in [-0.05, 0) is 37.3 Å². The smallest absolute Gasteiger partial charge is 0.321 e. The minimum atomic E-state index is -2.76. The van der Waals surface area contributed by atoms with Gasteiger partial charge in [-0.25, -0.2) is 4.98 Å². The molecule has 0 aliphatic heterocycles. The largest absolute Gasteiger partial charge is 0.495 e. The van der Waals surface area contributed by atoms with E-state index in [1.807, 2.05) is 0 Å². The van der Waals surface area contributed by atoms with Crippen molar-refractivity contribution in [2.75, 3.05) is 12.4 Å². The standard InChI is InChI=1S/C18H16ClF2N3O2S/c1-10(16(25)22-13-9-11(19)7-8-15(13)26-2)27-18-23-12-5-3-4-6-14(12)24(18)17(20)21/h3-10,17H,1-2H3,(H,22,25). The Hall–Kier alpha value is -2.32. The van der Waals surface area contributed by atoms with Crippen molar-refractivity contribution in [3.8, 4) is 5.75 Å². The first-order valence-electron chi connectivity index (χ1n) is 7.97. The van der Waals surface area contributed by atoms with Crippen LogP contribution in [0.15, 0.2) is 47.6 Å². The van der Waals surface area contributed by atoms with Crippen LogP contribution < -0.4 is 10.1 Å². The number of imidazole rings is 1. The Morgan fingerprint density at radius 1 is 1.30 bits per heavy atom. The number of fused-ring (bicyclic) bond motifs is 1. The summed E-state index contributed by atoms with van der Waals surface area (Å²) in [4.78, 5) is 16.8. The summed E-state index contributed by atoms with van der Waals surface area (Å²) in [6, 6.07) is 11.4. The third-order valence-corrected chi connectivity index (χ3v) is 5.13. The Bertz CT molecular complexity index is 980. The molecule has 0 aliphatic rings. The van der Waals surface area contributed by atoms with E-state index in [2.05, 4.69) is 10.3 Å². The summed E-state index contributed by atoms with van der Waals surface area (Å²) in [5.41, 5.74) is 1.17. The van der Waals surface area contributed by atoms with E-state index in [9.17, 15) is 13.6 Å². The van der Waals surface area contributed by atoms with Crippen molar-refractivity contribution in [2.24, 2.45) is 0 Å². The van der Waals surface area contributed by atoms with Gasteiger partial charge < -0.3 is 10.1 Å². The zero-order valence-corrected chi connectivity index (χ0v) is 16.0. The molecule has 9 heteroatoms. The minimum absolute atomic E-state index is 0.0758. The molecular formula is C18H16ClF2N3O2S. The number of rotatable bonds is 6. The van der Waals surface area contributed by atoms with E-state index < -0.39 is 11.8 Å². The van der Waals surface area contributed by atoms with E-state index in [0.29, 0.717) is 27.5 Å². The number of hydrogen-bond acceptors (Lipinski definition) is 4. The highest BCUT2D eigenvalue weighted by Gasteiger charge is 2.23. The van der Waals surface area contributed by atoms with E-state index in [0.717, 1.165) is 16.3 Å². The number of para-hydroxylation sites is 2. The van der Waals surface area contributed by atoms with Crippen molar-refractivity contribution in [2.45, 2.75) is 23.9 Å². The fourth-order valence-corrected chi connectivity index (χ4v) is 3.61. The highest BCUT2D eigenvalue weighted by Crippen LogP contribution is 2.33. The highest BCUT2D eigenvalue weighted by atomic mass is 35.5. The molecule has 142 valence electrons. The Morgan fingerprint density at radius 3 is 2.74 bits per heavy atom. The number of benzene rings is 2. The van der Waals surface area contributed by atoms with Crippen LogP contribution in [0, 0.1) is 0 Å². The Kier molecular flexibility index (Phi) is 5.86. The van der Waals surface area contributed by atoms with Crippen LogP contribution in [0.1, 0.15) is 13.5 Å². The summed E-state index contributed by atoms with van der Waals surface area (Å²) in [5.74, 6) is 0.0678. The highest BCUT2D eigenvalue weighted by molar-refractivity contribution is 8.00. The number of amides is 1. The van der Waals surface area contributed by atoms with Crippen LogP contribution in [0.5, 0.6) is 5.75 Å². The molecule has 27 heavy (non-hydrogen) atoms. The SMILES string of the molecule is COc1ccc(Cl)cc1NC(=O)C(C)Sc1nc2ccccc2n1C(F)F. The van der Waals surface area contributed by atoms with Crippen molar-refractivity contribution in [1.82, 2.24) is 9.55 Å². The lowest BCUT2D eigenvalue weighted by Crippen LogP contribution is -2.23. The Balaban J connectivity index is 1.82. The maximum absolute atomic E-state index is 13.5. The van der Waals surface area contributed by atoms with Crippen LogP contribution in [0.2, 0.25) is 5.02 Å². The molecule has 0 aliphatic carbocycles. The fourth-order valence-electron chi connectivity index (χ4n) is 2.52. The molecule has 1 atom stereocenters. The van der Waals surface area contributed by atoms with Crippen molar-refractivity contribution < 1.29 is 18.3 Å². The number of nitrogens with zero attached hydrogens (tertiary/aromatic N) is 2. The fraction of sp³-hybridized carbons (Fsp3) is 0.222. The first-order chi connectivity index (χ1) is 12.9. The molecule has 1 heterocycles. The molecular weight excluding hydrogens is 396 g/mol. The quantitative estimate of drug-likeness (QED) is 0.565. The number of anilines is 1. The normalized spacial score (nSPS) is 12.4. The lowest BCUT2D eigenvalue weighted by Gasteiger charge is -2.15. The van der Waals surface area contributed by atoms with Crippen LogP contribution in [-0.2, 0) is 4.79 Å². The average Bonchev–Trinajstić information content (AvgIpc) is 2.99. The summed E-state index contributed by atoms with van der Waals surface area (Å²) >= 11 is 6.91. The van der Waals surface area contributed by atoms with E-state index in [1.165, 1.54) is 7.11 Å². The monoisotopic (exact) mass is 411 g/mol. The van der Waals surface area contributed by atoms with Crippen molar-refractivity contribution in [3.63, 3.8) is 0 Å². The number of alkyl halides is 2. The predicted octanol–water partition coefficient (Wildman–Crippen LogP) is 5.21. The molecule has 1 amide bonds.